The maximum atomic E-state index is 12.6. The summed E-state index contributed by atoms with van der Waals surface area (Å²) >= 11 is 5.79. The lowest BCUT2D eigenvalue weighted by molar-refractivity contribution is -0.125. The number of nitrogens with one attached hydrogen (secondary N) is 1. The van der Waals surface area contributed by atoms with Crippen molar-refractivity contribution in [2.75, 3.05) is 25.9 Å². The van der Waals surface area contributed by atoms with Gasteiger partial charge in [-0.25, -0.2) is 8.42 Å². The van der Waals surface area contributed by atoms with Crippen LogP contribution in [0.1, 0.15) is 12.8 Å². The lowest BCUT2D eigenvalue weighted by Gasteiger charge is -2.31. The third kappa shape index (κ3) is 3.30. The van der Waals surface area contributed by atoms with Crippen molar-refractivity contribution < 1.29 is 13.2 Å². The van der Waals surface area contributed by atoms with Crippen LogP contribution in [0.2, 0.25) is 5.02 Å². The van der Waals surface area contributed by atoms with Gasteiger partial charge >= 0.3 is 0 Å². The summed E-state index contributed by atoms with van der Waals surface area (Å²) < 4.78 is 26.6. The van der Waals surface area contributed by atoms with E-state index < -0.39 is 10.0 Å². The third-order valence-electron chi connectivity index (χ3n) is 3.59. The monoisotopic (exact) mass is 331 g/mol. The van der Waals surface area contributed by atoms with Gasteiger partial charge in [0.25, 0.3) is 0 Å². The van der Waals surface area contributed by atoms with Gasteiger partial charge in [-0.15, -0.1) is 0 Å². The average molecular weight is 332 g/mol. The molecule has 21 heavy (non-hydrogen) atoms. The smallest absolute Gasteiger partial charge is 0.245 e. The van der Waals surface area contributed by atoms with Crippen molar-refractivity contribution in [2.24, 2.45) is 5.92 Å². The summed E-state index contributed by atoms with van der Waals surface area (Å²) in [6.07, 6.45) is 1.33. The number of amides is 1. The number of carbonyl (C=O) groups excluding carboxylic acids is 1. The first-order chi connectivity index (χ1) is 9.86. The molecule has 116 valence electrons. The average Bonchev–Trinajstić information content (AvgIpc) is 2.46. The maximum absolute atomic E-state index is 12.6. The lowest BCUT2D eigenvalue weighted by Crippen LogP contribution is -2.44. The Morgan fingerprint density at radius 1 is 1.48 bits per heavy atom. The molecule has 0 spiro atoms. The number of nitrogens with two attached hydrogens (primary N) is 1. The standard InChI is InChI=1S/C13H18ClN3O3S/c1-16-13(18)9-3-2-6-17(8-9)21(19,20)12-5-4-10(14)7-11(12)15/h4-5,7,9H,2-3,6,8,15H2,1H3,(H,16,18). The van der Waals surface area contributed by atoms with Crippen LogP contribution in [-0.2, 0) is 14.8 Å². The molecular formula is C13H18ClN3O3S. The Morgan fingerprint density at radius 3 is 2.81 bits per heavy atom. The molecule has 2 rings (SSSR count). The van der Waals surface area contributed by atoms with E-state index in [2.05, 4.69) is 5.32 Å². The molecule has 6 nitrogen and oxygen atoms in total. The molecular weight excluding hydrogens is 314 g/mol. The number of carbonyl (C=O) groups is 1. The normalized spacial score (nSPS) is 20.2. The van der Waals surface area contributed by atoms with E-state index in [4.69, 9.17) is 17.3 Å². The highest BCUT2D eigenvalue weighted by Gasteiger charge is 2.33. The molecule has 8 heteroatoms. The lowest BCUT2D eigenvalue weighted by atomic mass is 9.99. The molecule has 1 saturated heterocycles. The number of hydrogen-bond donors (Lipinski definition) is 2. The van der Waals surface area contributed by atoms with E-state index >= 15 is 0 Å². The number of hydrogen-bond acceptors (Lipinski definition) is 4. The molecule has 1 aromatic rings. The molecule has 1 atom stereocenters. The second-order valence-electron chi connectivity index (χ2n) is 5.00. The zero-order valence-corrected chi connectivity index (χ0v) is 13.2. The Morgan fingerprint density at radius 2 is 2.19 bits per heavy atom. The number of halogens is 1. The second kappa shape index (κ2) is 6.21. The minimum absolute atomic E-state index is 0.0319. The van der Waals surface area contributed by atoms with Gasteiger partial charge in [-0.1, -0.05) is 11.6 Å². The summed E-state index contributed by atoms with van der Waals surface area (Å²) in [6.45, 7) is 0.558. The molecule has 1 aliphatic heterocycles. The SMILES string of the molecule is CNC(=O)C1CCCN(S(=O)(=O)c2ccc(Cl)cc2N)C1. The van der Waals surface area contributed by atoms with Crippen molar-refractivity contribution >= 4 is 33.2 Å². The summed E-state index contributed by atoms with van der Waals surface area (Å²) in [6, 6.07) is 4.30. The number of sulfonamides is 1. The summed E-state index contributed by atoms with van der Waals surface area (Å²) in [5, 5.41) is 2.95. The Hall–Kier alpha value is -1.31. The minimum atomic E-state index is -3.71. The molecule has 1 amide bonds. The molecule has 1 unspecified atom stereocenters. The van der Waals surface area contributed by atoms with Crippen LogP contribution in [0.3, 0.4) is 0 Å². The highest BCUT2D eigenvalue weighted by atomic mass is 35.5. The van der Waals surface area contributed by atoms with E-state index in [0.29, 0.717) is 24.4 Å². The van der Waals surface area contributed by atoms with Gasteiger partial charge in [0.1, 0.15) is 4.90 Å². The number of piperidine rings is 1. The van der Waals surface area contributed by atoms with Gasteiger partial charge in [0, 0.05) is 25.2 Å². The fourth-order valence-electron chi connectivity index (χ4n) is 2.47. The van der Waals surface area contributed by atoms with E-state index in [1.165, 1.54) is 22.5 Å². The fourth-order valence-corrected chi connectivity index (χ4v) is 4.27. The van der Waals surface area contributed by atoms with Gasteiger partial charge in [0.05, 0.1) is 11.6 Å². The van der Waals surface area contributed by atoms with Gasteiger partial charge in [0.2, 0.25) is 15.9 Å². The largest absolute Gasteiger partial charge is 0.398 e. The van der Waals surface area contributed by atoms with Crippen LogP contribution in [0.15, 0.2) is 23.1 Å². The second-order valence-corrected chi connectivity index (χ2v) is 7.34. The van der Waals surface area contributed by atoms with E-state index in [-0.39, 0.29) is 29.0 Å². The van der Waals surface area contributed by atoms with Gasteiger partial charge < -0.3 is 11.1 Å². The van der Waals surface area contributed by atoms with Crippen molar-refractivity contribution in [2.45, 2.75) is 17.7 Å². The highest BCUT2D eigenvalue weighted by Crippen LogP contribution is 2.28. The van der Waals surface area contributed by atoms with Crippen molar-refractivity contribution in [3.63, 3.8) is 0 Å². The summed E-state index contributed by atoms with van der Waals surface area (Å²) in [5.74, 6) is -0.467. The topological polar surface area (TPSA) is 92.5 Å². The minimum Gasteiger partial charge on any atom is -0.398 e. The number of nitrogens with zero attached hydrogens (tertiary/aromatic N) is 1. The molecule has 1 heterocycles. The van der Waals surface area contributed by atoms with Crippen molar-refractivity contribution in [3.05, 3.63) is 23.2 Å². The summed E-state index contributed by atoms with van der Waals surface area (Å²) in [5.41, 5.74) is 5.88. The van der Waals surface area contributed by atoms with Gasteiger partial charge in [0.15, 0.2) is 0 Å². The maximum Gasteiger partial charge on any atom is 0.245 e. The van der Waals surface area contributed by atoms with Gasteiger partial charge in [-0.2, -0.15) is 4.31 Å². The number of benzene rings is 1. The number of nitrogen functional groups attached to an aromatic ring is 1. The Labute approximate surface area is 129 Å². The zero-order valence-electron chi connectivity index (χ0n) is 11.7. The van der Waals surface area contributed by atoms with Crippen LogP contribution in [0.5, 0.6) is 0 Å². The molecule has 1 aliphatic rings. The number of rotatable bonds is 3. The van der Waals surface area contributed by atoms with Crippen molar-refractivity contribution in [3.8, 4) is 0 Å². The molecule has 0 aromatic heterocycles. The van der Waals surface area contributed by atoms with Crippen LogP contribution in [0.4, 0.5) is 5.69 Å². The van der Waals surface area contributed by atoms with E-state index in [1.54, 1.807) is 7.05 Å². The molecule has 0 radical (unpaired) electrons. The molecule has 0 aliphatic carbocycles. The summed E-state index contributed by atoms with van der Waals surface area (Å²) in [7, 11) is -2.17. The van der Waals surface area contributed by atoms with Crippen LogP contribution < -0.4 is 11.1 Å². The summed E-state index contributed by atoms with van der Waals surface area (Å²) in [4.78, 5) is 11.7. The molecule has 0 bridgehead atoms. The molecule has 1 aromatic carbocycles. The first-order valence-electron chi connectivity index (χ1n) is 6.63. The third-order valence-corrected chi connectivity index (χ3v) is 5.77. The zero-order chi connectivity index (χ0) is 15.6. The highest BCUT2D eigenvalue weighted by molar-refractivity contribution is 7.89. The van der Waals surface area contributed by atoms with Crippen molar-refractivity contribution in [1.29, 1.82) is 0 Å². The van der Waals surface area contributed by atoms with E-state index in [0.717, 1.165) is 0 Å². The quantitative estimate of drug-likeness (QED) is 0.810. The van der Waals surface area contributed by atoms with Crippen LogP contribution in [0.25, 0.3) is 0 Å². The van der Waals surface area contributed by atoms with Crippen LogP contribution >= 0.6 is 11.6 Å². The predicted molar refractivity (Wildman–Crippen MR) is 81.4 cm³/mol. The van der Waals surface area contributed by atoms with Crippen LogP contribution in [0, 0.1) is 5.92 Å². The molecule has 0 saturated carbocycles. The first-order valence-corrected chi connectivity index (χ1v) is 8.45. The Kier molecular flexibility index (Phi) is 4.75. The van der Waals surface area contributed by atoms with E-state index in [1.807, 2.05) is 0 Å². The van der Waals surface area contributed by atoms with Crippen molar-refractivity contribution in [1.82, 2.24) is 9.62 Å². The Balaban J connectivity index is 2.28. The first kappa shape index (κ1) is 16.1. The van der Waals surface area contributed by atoms with E-state index in [9.17, 15) is 13.2 Å². The Bertz CT molecular complexity index is 648. The molecule has 1 fully saturated rings. The van der Waals surface area contributed by atoms with Gasteiger partial charge in [-0.05, 0) is 31.0 Å². The molecule has 3 N–H and O–H groups in total. The predicted octanol–water partition coefficient (Wildman–Crippen LogP) is 1.07. The number of anilines is 1. The van der Waals surface area contributed by atoms with Gasteiger partial charge in [-0.3, -0.25) is 4.79 Å². The van der Waals surface area contributed by atoms with Crippen LogP contribution in [-0.4, -0.2) is 38.8 Å². The fraction of sp³-hybridized carbons (Fsp3) is 0.462.